The van der Waals surface area contributed by atoms with Crippen LogP contribution in [0.25, 0.3) is 0 Å². The highest BCUT2D eigenvalue weighted by Gasteiger charge is 2.06. The molecule has 0 aliphatic carbocycles. The molecule has 1 N–H and O–H groups in total. The molecule has 1 unspecified atom stereocenters. The summed E-state index contributed by atoms with van der Waals surface area (Å²) in [5.41, 5.74) is 0.748. The lowest BCUT2D eigenvalue weighted by molar-refractivity contribution is 0.139. The zero-order valence-corrected chi connectivity index (χ0v) is 5.74. The first-order chi connectivity index (χ1) is 4.88. The number of nitrogens with zero attached hydrogens (tertiary/aromatic N) is 2. The zero-order chi connectivity index (χ0) is 7.40. The lowest BCUT2D eigenvalue weighted by Gasteiger charge is -2.03. The molecule has 54 valence electrons. The minimum absolute atomic E-state index is 0.154. The fourth-order valence-corrected chi connectivity index (χ4v) is 0.685. The van der Waals surface area contributed by atoms with Gasteiger partial charge in [0.2, 0.25) is 0 Å². The maximum absolute atomic E-state index is 5.00. The van der Waals surface area contributed by atoms with E-state index in [1.807, 2.05) is 0 Å². The Hall–Kier alpha value is -1.16. The van der Waals surface area contributed by atoms with Crippen molar-refractivity contribution in [1.29, 1.82) is 0 Å². The molecule has 0 aliphatic heterocycles. The molecule has 1 atom stereocenters. The van der Waals surface area contributed by atoms with E-state index in [0.717, 1.165) is 5.69 Å². The predicted molar refractivity (Wildman–Crippen MR) is 36.3 cm³/mol. The van der Waals surface area contributed by atoms with Crippen molar-refractivity contribution < 1.29 is 4.74 Å². The van der Waals surface area contributed by atoms with E-state index in [0.29, 0.717) is 0 Å². The Morgan fingerprint density at radius 3 is 3.10 bits per heavy atom. The number of aromatic nitrogens is 3. The largest absolute Gasteiger partial charge is 0.371 e. The summed E-state index contributed by atoms with van der Waals surface area (Å²) >= 11 is 0. The molecule has 4 heteroatoms. The fourth-order valence-electron chi connectivity index (χ4n) is 0.685. The quantitative estimate of drug-likeness (QED) is 0.626. The van der Waals surface area contributed by atoms with Crippen molar-refractivity contribution in [3.8, 4) is 0 Å². The number of nitrogens with one attached hydrogen (secondary N) is 1. The summed E-state index contributed by atoms with van der Waals surface area (Å²) in [4.78, 5) is 0. The van der Waals surface area contributed by atoms with Crippen LogP contribution in [0.5, 0.6) is 0 Å². The van der Waals surface area contributed by atoms with Crippen molar-refractivity contribution in [3.05, 3.63) is 24.5 Å². The molecule has 0 radical (unpaired) electrons. The fraction of sp³-hybridized carbons (Fsp3) is 0.333. The van der Waals surface area contributed by atoms with Crippen LogP contribution < -0.4 is 0 Å². The SMILES string of the molecule is C=CC(OC)c1cn[nH]n1. The van der Waals surface area contributed by atoms with Crippen LogP contribution in [0, 0.1) is 0 Å². The number of rotatable bonds is 3. The van der Waals surface area contributed by atoms with Crippen molar-refractivity contribution in [2.75, 3.05) is 7.11 Å². The van der Waals surface area contributed by atoms with Gasteiger partial charge in [-0.3, -0.25) is 0 Å². The summed E-state index contributed by atoms with van der Waals surface area (Å²) in [7, 11) is 1.60. The second kappa shape index (κ2) is 3.12. The van der Waals surface area contributed by atoms with Gasteiger partial charge in [0.25, 0.3) is 0 Å². The van der Waals surface area contributed by atoms with Crippen molar-refractivity contribution in [1.82, 2.24) is 15.4 Å². The molecule has 0 fully saturated rings. The molecule has 1 heterocycles. The van der Waals surface area contributed by atoms with Gasteiger partial charge in [-0.15, -0.1) is 6.58 Å². The van der Waals surface area contributed by atoms with Gasteiger partial charge in [-0.25, -0.2) is 0 Å². The van der Waals surface area contributed by atoms with Gasteiger partial charge >= 0.3 is 0 Å². The molecule has 0 saturated heterocycles. The van der Waals surface area contributed by atoms with E-state index in [4.69, 9.17) is 4.74 Å². The van der Waals surface area contributed by atoms with Gasteiger partial charge in [-0.05, 0) is 0 Å². The Bertz CT molecular complexity index is 195. The number of ether oxygens (including phenoxy) is 1. The van der Waals surface area contributed by atoms with Crippen LogP contribution in [0.3, 0.4) is 0 Å². The van der Waals surface area contributed by atoms with Crippen molar-refractivity contribution in [2.24, 2.45) is 0 Å². The number of aromatic amines is 1. The molecule has 0 aromatic carbocycles. The minimum Gasteiger partial charge on any atom is -0.371 e. The normalized spacial score (nSPS) is 12.9. The maximum atomic E-state index is 5.00. The Labute approximate surface area is 58.9 Å². The standard InChI is InChI=1S/C6H9N3O/c1-3-6(10-2)5-4-7-9-8-5/h3-4,6H,1H2,2H3,(H,7,8,9). The van der Waals surface area contributed by atoms with E-state index >= 15 is 0 Å². The lowest BCUT2D eigenvalue weighted by atomic mass is 10.3. The molecule has 1 aromatic rings. The lowest BCUT2D eigenvalue weighted by Crippen LogP contribution is -1.96. The average Bonchev–Trinajstić information content (AvgIpc) is 2.43. The molecule has 0 saturated carbocycles. The Morgan fingerprint density at radius 2 is 2.70 bits per heavy atom. The second-order valence-electron chi connectivity index (χ2n) is 1.79. The highest BCUT2D eigenvalue weighted by atomic mass is 16.5. The summed E-state index contributed by atoms with van der Waals surface area (Å²) in [6, 6.07) is 0. The van der Waals surface area contributed by atoms with Crippen LogP contribution in [-0.4, -0.2) is 22.5 Å². The first-order valence-corrected chi connectivity index (χ1v) is 2.89. The van der Waals surface area contributed by atoms with Crippen molar-refractivity contribution >= 4 is 0 Å². The first kappa shape index (κ1) is 6.95. The molecular formula is C6H9N3O. The van der Waals surface area contributed by atoms with Crippen molar-refractivity contribution in [3.63, 3.8) is 0 Å². The Balaban J connectivity index is 2.73. The van der Waals surface area contributed by atoms with Gasteiger partial charge in [0.1, 0.15) is 11.8 Å². The Morgan fingerprint density at radius 1 is 1.90 bits per heavy atom. The average molecular weight is 139 g/mol. The van der Waals surface area contributed by atoms with E-state index < -0.39 is 0 Å². The van der Waals surface area contributed by atoms with E-state index in [-0.39, 0.29) is 6.10 Å². The molecule has 0 bridgehead atoms. The summed E-state index contributed by atoms with van der Waals surface area (Å²) < 4.78 is 5.00. The minimum atomic E-state index is -0.154. The molecular weight excluding hydrogens is 130 g/mol. The van der Waals surface area contributed by atoms with Gasteiger partial charge < -0.3 is 4.74 Å². The van der Waals surface area contributed by atoms with Gasteiger partial charge in [-0.1, -0.05) is 6.08 Å². The van der Waals surface area contributed by atoms with Gasteiger partial charge in [0, 0.05) is 7.11 Å². The Kier molecular flexibility index (Phi) is 2.17. The monoisotopic (exact) mass is 139 g/mol. The van der Waals surface area contributed by atoms with Crippen LogP contribution in [0.2, 0.25) is 0 Å². The van der Waals surface area contributed by atoms with Crippen LogP contribution in [0.15, 0.2) is 18.9 Å². The van der Waals surface area contributed by atoms with Gasteiger partial charge in [0.15, 0.2) is 0 Å². The second-order valence-corrected chi connectivity index (χ2v) is 1.79. The molecule has 0 aliphatic rings. The molecule has 1 rings (SSSR count). The van der Waals surface area contributed by atoms with Crippen LogP contribution in [-0.2, 0) is 4.74 Å². The smallest absolute Gasteiger partial charge is 0.120 e. The highest BCUT2D eigenvalue weighted by Crippen LogP contribution is 2.11. The molecule has 1 aromatic heterocycles. The van der Waals surface area contributed by atoms with E-state index in [2.05, 4.69) is 22.0 Å². The summed E-state index contributed by atoms with van der Waals surface area (Å²) in [5.74, 6) is 0. The molecule has 4 nitrogen and oxygen atoms in total. The molecule has 0 amide bonds. The number of methoxy groups -OCH3 is 1. The third-order valence-corrected chi connectivity index (χ3v) is 1.19. The summed E-state index contributed by atoms with van der Waals surface area (Å²) in [5, 5.41) is 9.95. The highest BCUT2D eigenvalue weighted by molar-refractivity contribution is 5.03. The number of hydrogen-bond donors (Lipinski definition) is 1. The number of H-pyrrole nitrogens is 1. The van der Waals surface area contributed by atoms with E-state index in [1.54, 1.807) is 19.4 Å². The van der Waals surface area contributed by atoms with Gasteiger partial charge in [-0.2, -0.15) is 15.4 Å². The van der Waals surface area contributed by atoms with Crippen LogP contribution in [0.4, 0.5) is 0 Å². The maximum Gasteiger partial charge on any atom is 0.120 e. The summed E-state index contributed by atoms with van der Waals surface area (Å²) in [6.07, 6.45) is 3.12. The third kappa shape index (κ3) is 1.22. The van der Waals surface area contributed by atoms with Crippen LogP contribution >= 0.6 is 0 Å². The van der Waals surface area contributed by atoms with E-state index in [9.17, 15) is 0 Å². The third-order valence-electron chi connectivity index (χ3n) is 1.19. The zero-order valence-electron chi connectivity index (χ0n) is 5.74. The predicted octanol–water partition coefficient (Wildman–Crippen LogP) is 0.678. The van der Waals surface area contributed by atoms with Crippen molar-refractivity contribution in [2.45, 2.75) is 6.10 Å². The first-order valence-electron chi connectivity index (χ1n) is 2.89. The molecule has 10 heavy (non-hydrogen) atoms. The van der Waals surface area contributed by atoms with Crippen LogP contribution in [0.1, 0.15) is 11.8 Å². The molecule has 0 spiro atoms. The number of hydrogen-bond acceptors (Lipinski definition) is 3. The van der Waals surface area contributed by atoms with E-state index in [1.165, 1.54) is 0 Å². The summed E-state index contributed by atoms with van der Waals surface area (Å²) in [6.45, 7) is 3.58. The topological polar surface area (TPSA) is 50.8 Å². The van der Waals surface area contributed by atoms with Gasteiger partial charge in [0.05, 0.1) is 6.20 Å².